The van der Waals surface area contributed by atoms with E-state index >= 15 is 0 Å². The third-order valence-corrected chi connectivity index (χ3v) is 4.54. The van der Waals surface area contributed by atoms with Gasteiger partial charge in [0.15, 0.2) is 11.5 Å². The number of anilines is 1. The van der Waals surface area contributed by atoms with E-state index in [4.69, 9.17) is 0 Å². The highest BCUT2D eigenvalue weighted by Gasteiger charge is 2.27. The molecule has 0 saturated carbocycles. The molecule has 1 aliphatic rings. The fraction of sp³-hybridized carbons (Fsp3) is 0.500. The van der Waals surface area contributed by atoms with E-state index < -0.39 is 0 Å². The Hall–Kier alpha value is -2.44. The summed E-state index contributed by atoms with van der Waals surface area (Å²) in [7, 11) is 0. The van der Waals surface area contributed by atoms with E-state index in [0.29, 0.717) is 12.0 Å². The van der Waals surface area contributed by atoms with Crippen molar-refractivity contribution in [2.24, 2.45) is 0 Å². The molecule has 3 aromatic heterocycles. The Balaban J connectivity index is 1.65. The predicted molar refractivity (Wildman–Crippen MR) is 88.5 cm³/mol. The predicted octanol–water partition coefficient (Wildman–Crippen LogP) is 2.51. The van der Waals surface area contributed by atoms with Crippen LogP contribution in [0.4, 0.5) is 5.82 Å². The van der Waals surface area contributed by atoms with E-state index in [1.807, 2.05) is 6.20 Å². The lowest BCUT2D eigenvalue weighted by Crippen LogP contribution is -2.36. The topological polar surface area (TPSA) is 75.5 Å². The number of aromatic amines is 1. The summed E-state index contributed by atoms with van der Waals surface area (Å²) in [5.74, 6) is 2.55. The first-order valence-corrected chi connectivity index (χ1v) is 8.16. The summed E-state index contributed by atoms with van der Waals surface area (Å²) in [6.45, 7) is 6.33. The summed E-state index contributed by atoms with van der Waals surface area (Å²) < 4.78 is 2.28. The third-order valence-electron chi connectivity index (χ3n) is 4.54. The van der Waals surface area contributed by atoms with Crippen LogP contribution in [0, 0.1) is 0 Å². The quantitative estimate of drug-likeness (QED) is 0.804. The standard InChI is InChI=1S/C16H21N7/c1-11(2)23-7-5-17-15(23)12-4-3-6-22(8-12)16-13-14(19-9-18-13)20-10-21-16/h5,7,9-12H,3-4,6,8H2,1-2H3,(H,18,19,20,21)/t12-/m0/s1. The van der Waals surface area contributed by atoms with Crippen LogP contribution >= 0.6 is 0 Å². The Morgan fingerprint density at radius 2 is 2.13 bits per heavy atom. The number of hydrogen-bond acceptors (Lipinski definition) is 5. The first-order chi connectivity index (χ1) is 11.2. The smallest absolute Gasteiger partial charge is 0.182 e. The van der Waals surface area contributed by atoms with E-state index in [9.17, 15) is 0 Å². The molecule has 0 aliphatic carbocycles. The van der Waals surface area contributed by atoms with Crippen LogP contribution in [0.25, 0.3) is 11.2 Å². The van der Waals surface area contributed by atoms with Crippen LogP contribution in [-0.2, 0) is 0 Å². The number of nitrogens with one attached hydrogen (secondary N) is 1. The maximum atomic E-state index is 4.62. The zero-order valence-corrected chi connectivity index (χ0v) is 13.5. The second-order valence-electron chi connectivity index (χ2n) is 6.37. The maximum Gasteiger partial charge on any atom is 0.182 e. The van der Waals surface area contributed by atoms with Crippen molar-refractivity contribution in [1.82, 2.24) is 29.5 Å². The first-order valence-electron chi connectivity index (χ1n) is 8.16. The van der Waals surface area contributed by atoms with Crippen molar-refractivity contribution in [3.8, 4) is 0 Å². The van der Waals surface area contributed by atoms with E-state index in [1.165, 1.54) is 5.82 Å². The van der Waals surface area contributed by atoms with Crippen molar-refractivity contribution in [2.75, 3.05) is 18.0 Å². The Labute approximate surface area is 134 Å². The highest BCUT2D eigenvalue weighted by atomic mass is 15.2. The van der Waals surface area contributed by atoms with Crippen molar-refractivity contribution < 1.29 is 0 Å². The van der Waals surface area contributed by atoms with Gasteiger partial charge in [-0.2, -0.15) is 0 Å². The maximum absolute atomic E-state index is 4.62. The molecule has 7 heteroatoms. The molecule has 1 saturated heterocycles. The molecule has 0 aromatic carbocycles. The minimum absolute atomic E-state index is 0.425. The monoisotopic (exact) mass is 311 g/mol. The summed E-state index contributed by atoms with van der Waals surface area (Å²) >= 11 is 0. The lowest BCUT2D eigenvalue weighted by molar-refractivity contribution is 0.454. The van der Waals surface area contributed by atoms with Crippen molar-refractivity contribution in [3.05, 3.63) is 30.9 Å². The van der Waals surface area contributed by atoms with Crippen LogP contribution < -0.4 is 4.90 Å². The number of aromatic nitrogens is 6. The van der Waals surface area contributed by atoms with Crippen molar-refractivity contribution in [1.29, 1.82) is 0 Å². The first kappa shape index (κ1) is 14.2. The number of rotatable bonds is 3. The largest absolute Gasteiger partial charge is 0.354 e. The molecular weight excluding hydrogens is 290 g/mol. The van der Waals surface area contributed by atoms with Gasteiger partial charge in [0.2, 0.25) is 0 Å². The molecule has 4 rings (SSSR count). The van der Waals surface area contributed by atoms with Crippen molar-refractivity contribution in [3.63, 3.8) is 0 Å². The molecule has 0 amide bonds. The zero-order valence-electron chi connectivity index (χ0n) is 13.5. The molecule has 0 unspecified atom stereocenters. The van der Waals surface area contributed by atoms with E-state index in [-0.39, 0.29) is 0 Å². The molecule has 0 radical (unpaired) electrons. The summed E-state index contributed by atoms with van der Waals surface area (Å²) in [6.07, 6.45) is 9.56. The van der Waals surface area contributed by atoms with Gasteiger partial charge in [-0.1, -0.05) is 0 Å². The second-order valence-corrected chi connectivity index (χ2v) is 6.37. The third kappa shape index (κ3) is 2.46. The molecule has 3 aromatic rings. The zero-order chi connectivity index (χ0) is 15.8. The fourth-order valence-corrected chi connectivity index (χ4v) is 3.45. The number of piperidine rings is 1. The normalized spacial score (nSPS) is 18.9. The van der Waals surface area contributed by atoms with E-state index in [1.54, 1.807) is 12.7 Å². The summed E-state index contributed by atoms with van der Waals surface area (Å²) in [6, 6.07) is 0.432. The Bertz CT molecular complexity index is 803. The van der Waals surface area contributed by atoms with Gasteiger partial charge in [-0.05, 0) is 26.7 Å². The summed E-state index contributed by atoms with van der Waals surface area (Å²) in [5, 5.41) is 0. The average molecular weight is 311 g/mol. The Morgan fingerprint density at radius 1 is 1.22 bits per heavy atom. The SMILES string of the molecule is CC(C)n1ccnc1[C@H]1CCCN(c2ncnc3nc[nH]c23)C1. The van der Waals surface area contributed by atoms with Crippen molar-refractivity contribution >= 4 is 17.0 Å². The highest BCUT2D eigenvalue weighted by molar-refractivity contribution is 5.82. The van der Waals surface area contributed by atoms with E-state index in [2.05, 4.69) is 54.4 Å². The van der Waals surface area contributed by atoms with Crippen LogP contribution in [-0.4, -0.2) is 42.6 Å². The minimum atomic E-state index is 0.425. The van der Waals surface area contributed by atoms with Crippen LogP contribution in [0.5, 0.6) is 0 Å². The molecule has 0 spiro atoms. The second kappa shape index (κ2) is 5.64. The molecule has 120 valence electrons. The molecule has 4 heterocycles. The van der Waals surface area contributed by atoms with Crippen LogP contribution in [0.1, 0.15) is 44.5 Å². The number of hydrogen-bond donors (Lipinski definition) is 1. The molecular formula is C16H21N7. The van der Waals surface area contributed by atoms with Gasteiger partial charge in [-0.3, -0.25) is 0 Å². The molecule has 1 aliphatic heterocycles. The van der Waals surface area contributed by atoms with Gasteiger partial charge >= 0.3 is 0 Å². The number of fused-ring (bicyclic) bond motifs is 1. The number of H-pyrrole nitrogens is 1. The summed E-state index contributed by atoms with van der Waals surface area (Å²) in [5.41, 5.74) is 1.64. The van der Waals surface area contributed by atoms with Crippen molar-refractivity contribution in [2.45, 2.75) is 38.6 Å². The lowest BCUT2D eigenvalue weighted by atomic mass is 9.97. The van der Waals surface area contributed by atoms with Gasteiger partial charge < -0.3 is 14.5 Å². The molecule has 1 atom stereocenters. The molecule has 23 heavy (non-hydrogen) atoms. The van der Waals surface area contributed by atoms with Crippen LogP contribution in [0.3, 0.4) is 0 Å². The van der Waals surface area contributed by atoms with E-state index in [0.717, 1.165) is 42.9 Å². The van der Waals surface area contributed by atoms with Gasteiger partial charge in [-0.15, -0.1) is 0 Å². The van der Waals surface area contributed by atoms with Gasteiger partial charge in [-0.25, -0.2) is 19.9 Å². The Kier molecular flexibility index (Phi) is 3.48. The van der Waals surface area contributed by atoms with Crippen LogP contribution in [0.2, 0.25) is 0 Å². The molecule has 1 fully saturated rings. The molecule has 0 bridgehead atoms. The number of imidazole rings is 2. The van der Waals surface area contributed by atoms with Gasteiger partial charge in [0.25, 0.3) is 0 Å². The average Bonchev–Trinajstić information content (AvgIpc) is 3.23. The summed E-state index contributed by atoms with van der Waals surface area (Å²) in [4.78, 5) is 23.0. The van der Waals surface area contributed by atoms with Crippen LogP contribution in [0.15, 0.2) is 25.0 Å². The Morgan fingerprint density at radius 3 is 3.00 bits per heavy atom. The van der Waals surface area contributed by atoms with Gasteiger partial charge in [0, 0.05) is 37.4 Å². The van der Waals surface area contributed by atoms with Gasteiger partial charge in [0.05, 0.1) is 6.33 Å². The van der Waals surface area contributed by atoms with Gasteiger partial charge in [0.1, 0.15) is 17.7 Å². The minimum Gasteiger partial charge on any atom is -0.354 e. The number of nitrogens with zero attached hydrogens (tertiary/aromatic N) is 6. The lowest BCUT2D eigenvalue weighted by Gasteiger charge is -2.33. The molecule has 7 nitrogen and oxygen atoms in total. The highest BCUT2D eigenvalue weighted by Crippen LogP contribution is 2.31. The molecule has 1 N–H and O–H groups in total. The fourth-order valence-electron chi connectivity index (χ4n) is 3.45.